The first-order valence-electron chi connectivity index (χ1n) is 8.05. The molecule has 0 aliphatic heterocycles. The van der Waals surface area contributed by atoms with Crippen LogP contribution in [0.1, 0.15) is 18.5 Å². The number of benzene rings is 2. The fraction of sp³-hybridized carbons (Fsp3) is 0.105. The van der Waals surface area contributed by atoms with Gasteiger partial charge in [0, 0.05) is 11.8 Å². The van der Waals surface area contributed by atoms with Crippen LogP contribution in [0.4, 0.5) is 0 Å². The molecule has 1 N–H and O–H groups in total. The van der Waals surface area contributed by atoms with Crippen molar-refractivity contribution in [2.45, 2.75) is 13.0 Å². The van der Waals surface area contributed by atoms with Crippen LogP contribution in [0.5, 0.6) is 0 Å². The maximum absolute atomic E-state index is 12.7. The number of rotatable bonds is 4. The SMILES string of the molecule is CC(c1ccccc1)n1ncn(-c2ccc(-c3cn[nH]c3)cc2)c1=O. The summed E-state index contributed by atoms with van der Waals surface area (Å²) in [7, 11) is 0. The molecule has 4 aromatic rings. The normalized spacial score (nSPS) is 12.2. The molecule has 6 nitrogen and oxygen atoms in total. The van der Waals surface area contributed by atoms with Crippen molar-refractivity contribution in [3.8, 4) is 16.8 Å². The molecule has 0 aliphatic rings. The van der Waals surface area contributed by atoms with Gasteiger partial charge >= 0.3 is 5.69 Å². The number of H-pyrrole nitrogens is 1. The molecule has 0 fully saturated rings. The second-order valence-electron chi connectivity index (χ2n) is 5.85. The highest BCUT2D eigenvalue weighted by Gasteiger charge is 2.14. The Balaban J connectivity index is 1.66. The lowest BCUT2D eigenvalue weighted by atomic mass is 10.1. The molecule has 0 saturated carbocycles. The number of nitrogens with one attached hydrogen (secondary N) is 1. The molecule has 1 atom stereocenters. The van der Waals surface area contributed by atoms with Crippen molar-refractivity contribution < 1.29 is 0 Å². The van der Waals surface area contributed by atoms with E-state index < -0.39 is 0 Å². The van der Waals surface area contributed by atoms with Crippen LogP contribution >= 0.6 is 0 Å². The molecule has 6 heteroatoms. The third kappa shape index (κ3) is 2.78. The van der Waals surface area contributed by atoms with Gasteiger partial charge < -0.3 is 0 Å². The molecule has 2 heterocycles. The third-order valence-corrected chi connectivity index (χ3v) is 4.32. The molecule has 4 rings (SSSR count). The highest BCUT2D eigenvalue weighted by molar-refractivity contribution is 5.62. The first kappa shape index (κ1) is 15.1. The van der Waals surface area contributed by atoms with Crippen LogP contribution in [-0.4, -0.2) is 24.5 Å². The molecule has 0 spiro atoms. The number of aromatic nitrogens is 5. The van der Waals surface area contributed by atoms with E-state index in [4.69, 9.17) is 0 Å². The van der Waals surface area contributed by atoms with Gasteiger partial charge in [0.25, 0.3) is 0 Å². The van der Waals surface area contributed by atoms with E-state index in [1.807, 2.05) is 67.7 Å². The van der Waals surface area contributed by atoms with E-state index in [0.717, 1.165) is 22.4 Å². The van der Waals surface area contributed by atoms with Gasteiger partial charge in [-0.1, -0.05) is 42.5 Å². The van der Waals surface area contributed by atoms with Crippen LogP contribution in [0.25, 0.3) is 16.8 Å². The summed E-state index contributed by atoms with van der Waals surface area (Å²) in [4.78, 5) is 12.7. The van der Waals surface area contributed by atoms with Gasteiger partial charge in [0.2, 0.25) is 0 Å². The lowest BCUT2D eigenvalue weighted by molar-refractivity contribution is 0.541. The van der Waals surface area contributed by atoms with Gasteiger partial charge in [0.05, 0.1) is 17.9 Å². The lowest BCUT2D eigenvalue weighted by Gasteiger charge is -2.10. The summed E-state index contributed by atoms with van der Waals surface area (Å²) < 4.78 is 3.05. The number of aromatic amines is 1. The Hall–Kier alpha value is -3.41. The maximum atomic E-state index is 12.7. The molecule has 2 aromatic carbocycles. The summed E-state index contributed by atoms with van der Waals surface area (Å²) in [5.41, 5.74) is 3.71. The van der Waals surface area contributed by atoms with Crippen LogP contribution in [0.3, 0.4) is 0 Å². The molecule has 124 valence electrons. The van der Waals surface area contributed by atoms with E-state index in [1.54, 1.807) is 17.1 Å². The Kier molecular flexibility index (Phi) is 3.78. The molecule has 0 saturated heterocycles. The second kappa shape index (κ2) is 6.24. The van der Waals surface area contributed by atoms with E-state index in [0.29, 0.717) is 0 Å². The predicted octanol–water partition coefficient (Wildman–Crippen LogP) is 3.03. The van der Waals surface area contributed by atoms with Gasteiger partial charge in [-0.2, -0.15) is 10.2 Å². The molecule has 0 bridgehead atoms. The highest BCUT2D eigenvalue weighted by Crippen LogP contribution is 2.19. The minimum absolute atomic E-state index is 0.125. The maximum Gasteiger partial charge on any atom is 0.350 e. The van der Waals surface area contributed by atoms with Gasteiger partial charge in [0.15, 0.2) is 0 Å². The standard InChI is InChI=1S/C19H17N5O/c1-14(15-5-3-2-4-6-15)24-19(25)23(13-22-24)18-9-7-16(8-10-18)17-11-20-21-12-17/h2-14H,1H3,(H,20,21). The van der Waals surface area contributed by atoms with E-state index in [1.165, 1.54) is 4.68 Å². The van der Waals surface area contributed by atoms with Crippen LogP contribution in [0.15, 0.2) is 78.1 Å². The van der Waals surface area contributed by atoms with Crippen LogP contribution in [0.2, 0.25) is 0 Å². The Morgan fingerprint density at radius 3 is 2.44 bits per heavy atom. The molecule has 0 aliphatic carbocycles. The van der Waals surface area contributed by atoms with Crippen molar-refractivity contribution in [3.63, 3.8) is 0 Å². The minimum atomic E-state index is -0.160. The average molecular weight is 331 g/mol. The lowest BCUT2D eigenvalue weighted by Crippen LogP contribution is -2.26. The van der Waals surface area contributed by atoms with E-state index in [2.05, 4.69) is 15.3 Å². The quantitative estimate of drug-likeness (QED) is 0.625. The van der Waals surface area contributed by atoms with Crippen molar-refractivity contribution >= 4 is 0 Å². The second-order valence-corrected chi connectivity index (χ2v) is 5.85. The van der Waals surface area contributed by atoms with Gasteiger partial charge in [-0.05, 0) is 30.2 Å². The van der Waals surface area contributed by atoms with Gasteiger partial charge in [-0.25, -0.2) is 14.0 Å². The molecule has 1 unspecified atom stereocenters. The summed E-state index contributed by atoms with van der Waals surface area (Å²) in [6, 6.07) is 17.5. The van der Waals surface area contributed by atoms with Gasteiger partial charge in [-0.15, -0.1) is 0 Å². The average Bonchev–Trinajstić information content (AvgIpc) is 3.32. The van der Waals surface area contributed by atoms with Crippen molar-refractivity contribution in [2.24, 2.45) is 0 Å². The van der Waals surface area contributed by atoms with E-state index in [-0.39, 0.29) is 11.7 Å². The Morgan fingerprint density at radius 1 is 1.00 bits per heavy atom. The number of hydrogen-bond acceptors (Lipinski definition) is 3. The smallest absolute Gasteiger partial charge is 0.285 e. The summed E-state index contributed by atoms with van der Waals surface area (Å²) in [6.07, 6.45) is 5.16. The summed E-state index contributed by atoms with van der Waals surface area (Å²) in [6.45, 7) is 1.97. The summed E-state index contributed by atoms with van der Waals surface area (Å²) in [5, 5.41) is 11.0. The number of nitrogens with zero attached hydrogens (tertiary/aromatic N) is 4. The third-order valence-electron chi connectivity index (χ3n) is 4.32. The summed E-state index contributed by atoms with van der Waals surface area (Å²) >= 11 is 0. The zero-order valence-corrected chi connectivity index (χ0v) is 13.7. The zero-order chi connectivity index (χ0) is 17.2. The van der Waals surface area contributed by atoms with Crippen LogP contribution in [0, 0.1) is 0 Å². The molecular weight excluding hydrogens is 314 g/mol. The fourth-order valence-corrected chi connectivity index (χ4v) is 2.86. The summed E-state index contributed by atoms with van der Waals surface area (Å²) in [5.74, 6) is 0. The van der Waals surface area contributed by atoms with Gasteiger partial charge in [-0.3, -0.25) is 5.10 Å². The van der Waals surface area contributed by atoms with Crippen LogP contribution < -0.4 is 5.69 Å². The monoisotopic (exact) mass is 331 g/mol. The first-order valence-corrected chi connectivity index (χ1v) is 8.05. The molecule has 25 heavy (non-hydrogen) atoms. The highest BCUT2D eigenvalue weighted by atomic mass is 16.2. The van der Waals surface area contributed by atoms with Crippen molar-refractivity contribution in [3.05, 3.63) is 89.4 Å². The van der Waals surface area contributed by atoms with E-state index in [9.17, 15) is 4.79 Å². The van der Waals surface area contributed by atoms with Crippen molar-refractivity contribution in [1.29, 1.82) is 0 Å². The topological polar surface area (TPSA) is 68.5 Å². The minimum Gasteiger partial charge on any atom is -0.285 e. The Labute approximate surface area is 144 Å². The zero-order valence-electron chi connectivity index (χ0n) is 13.7. The fourth-order valence-electron chi connectivity index (χ4n) is 2.86. The predicted molar refractivity (Wildman–Crippen MR) is 95.7 cm³/mol. The van der Waals surface area contributed by atoms with Crippen molar-refractivity contribution in [2.75, 3.05) is 0 Å². The first-order chi connectivity index (χ1) is 12.2. The van der Waals surface area contributed by atoms with Gasteiger partial charge in [0.1, 0.15) is 6.33 Å². The number of hydrogen-bond donors (Lipinski definition) is 1. The largest absolute Gasteiger partial charge is 0.350 e. The van der Waals surface area contributed by atoms with Crippen LogP contribution in [-0.2, 0) is 0 Å². The molecule has 2 aromatic heterocycles. The van der Waals surface area contributed by atoms with Crippen molar-refractivity contribution in [1.82, 2.24) is 24.5 Å². The molecule has 0 radical (unpaired) electrons. The van der Waals surface area contributed by atoms with E-state index >= 15 is 0 Å². The Morgan fingerprint density at radius 2 is 1.76 bits per heavy atom. The molecule has 0 amide bonds. The Bertz CT molecular complexity index is 1010. The molecular formula is C19H17N5O.